The lowest BCUT2D eigenvalue weighted by atomic mass is 9.68. The topological polar surface area (TPSA) is 21.3 Å². The fraction of sp³-hybridized carbons (Fsp3) is 0.0182. The Labute approximate surface area is 336 Å². The lowest BCUT2D eigenvalue weighted by Crippen LogP contribution is -2.28. The molecule has 9 aromatic carbocycles. The minimum atomic E-state index is -0.472. The van der Waals surface area contributed by atoms with Gasteiger partial charge in [-0.2, -0.15) is 0 Å². The number of rotatable bonds is 6. The van der Waals surface area contributed by atoms with E-state index in [0.29, 0.717) is 0 Å². The average molecular weight is 741 g/mol. The Kier molecular flexibility index (Phi) is 7.14. The summed E-state index contributed by atoms with van der Waals surface area (Å²) in [7, 11) is 0. The van der Waals surface area contributed by atoms with Crippen molar-refractivity contribution in [1.82, 2.24) is 4.57 Å². The molecule has 0 saturated heterocycles. The molecule has 3 heteroatoms. The Morgan fingerprint density at radius 1 is 0.397 bits per heavy atom. The van der Waals surface area contributed by atoms with E-state index in [2.05, 4.69) is 222 Å². The number of fused-ring (bicyclic) bond motifs is 9. The highest BCUT2D eigenvalue weighted by atomic mass is 16.3. The van der Waals surface area contributed by atoms with Crippen molar-refractivity contribution in [2.24, 2.45) is 0 Å². The number of hydrogen-bond acceptors (Lipinski definition) is 2. The Balaban J connectivity index is 1.09. The van der Waals surface area contributed by atoms with E-state index in [1.54, 1.807) is 0 Å². The lowest BCUT2D eigenvalue weighted by molar-refractivity contribution is 0.669. The first kappa shape index (κ1) is 32.6. The smallest absolute Gasteiger partial charge is 0.159 e. The maximum Gasteiger partial charge on any atom is 0.159 e. The average Bonchev–Trinajstić information content (AvgIpc) is 3.94. The van der Waals surface area contributed by atoms with Crippen LogP contribution >= 0.6 is 0 Å². The molecule has 0 N–H and O–H groups in total. The first-order chi connectivity index (χ1) is 28.8. The van der Waals surface area contributed by atoms with Gasteiger partial charge in [-0.15, -0.1) is 0 Å². The number of para-hydroxylation sites is 4. The van der Waals surface area contributed by atoms with E-state index in [-0.39, 0.29) is 0 Å². The van der Waals surface area contributed by atoms with Crippen molar-refractivity contribution in [2.75, 3.05) is 4.90 Å². The van der Waals surface area contributed by atoms with Crippen LogP contribution in [0.2, 0.25) is 0 Å². The highest BCUT2D eigenvalue weighted by Gasteiger charge is 2.46. The fourth-order valence-corrected chi connectivity index (χ4v) is 9.86. The van der Waals surface area contributed by atoms with E-state index < -0.39 is 5.41 Å². The third kappa shape index (κ3) is 4.62. The van der Waals surface area contributed by atoms with Gasteiger partial charge in [-0.05, 0) is 94.0 Å². The molecule has 3 nitrogen and oxygen atoms in total. The minimum absolute atomic E-state index is 0.472. The molecule has 11 aromatic rings. The molecule has 58 heavy (non-hydrogen) atoms. The van der Waals surface area contributed by atoms with Crippen LogP contribution in [-0.2, 0) is 5.41 Å². The van der Waals surface area contributed by atoms with Gasteiger partial charge in [0.15, 0.2) is 5.58 Å². The predicted molar refractivity (Wildman–Crippen MR) is 240 cm³/mol. The van der Waals surface area contributed by atoms with Crippen molar-refractivity contribution >= 4 is 60.8 Å². The van der Waals surface area contributed by atoms with E-state index >= 15 is 0 Å². The zero-order valence-corrected chi connectivity index (χ0v) is 31.6. The molecule has 1 aliphatic carbocycles. The van der Waals surface area contributed by atoms with Gasteiger partial charge in [0.05, 0.1) is 22.1 Å². The predicted octanol–water partition coefficient (Wildman–Crippen LogP) is 14.5. The molecule has 0 saturated carbocycles. The van der Waals surface area contributed by atoms with Crippen LogP contribution in [0, 0.1) is 0 Å². The molecule has 1 aliphatic rings. The molecule has 0 bridgehead atoms. The molecule has 2 heterocycles. The number of benzene rings is 9. The highest BCUT2D eigenvalue weighted by Crippen LogP contribution is 2.57. The zero-order valence-electron chi connectivity index (χ0n) is 31.6. The van der Waals surface area contributed by atoms with Crippen molar-refractivity contribution in [2.45, 2.75) is 5.41 Å². The van der Waals surface area contributed by atoms with Gasteiger partial charge in [-0.1, -0.05) is 158 Å². The standard InChI is InChI=1S/C55H36N2O/c1-3-16-37(17-4-1)55(38-18-5-2-6-19-38)48-25-11-7-20-42(48)47-36-41(34-35-49(47)55)56(52-28-15-24-46-45-23-10-14-29-53(45)58-54(46)52)39-30-32-40(33-31-39)57-50-26-12-8-21-43(50)44-22-9-13-27-51(44)57/h1-36H. The van der Waals surface area contributed by atoms with Gasteiger partial charge in [0, 0.05) is 38.6 Å². The SMILES string of the molecule is c1ccc(C2(c3ccccc3)c3ccccc3-c3cc(N(c4ccc(-n5c6ccccc6c6ccccc65)cc4)c4cccc5c4oc4ccccc45)ccc32)cc1. The molecule has 0 amide bonds. The first-order valence-electron chi connectivity index (χ1n) is 19.9. The van der Waals surface area contributed by atoms with Crippen molar-refractivity contribution in [1.29, 1.82) is 0 Å². The summed E-state index contributed by atoms with van der Waals surface area (Å²) in [5.41, 5.74) is 15.4. The summed E-state index contributed by atoms with van der Waals surface area (Å²) < 4.78 is 9.11. The Hall–Kier alpha value is -7.62. The van der Waals surface area contributed by atoms with Crippen LogP contribution in [0.3, 0.4) is 0 Å². The highest BCUT2D eigenvalue weighted by molar-refractivity contribution is 6.11. The first-order valence-corrected chi connectivity index (χ1v) is 19.9. The second-order valence-corrected chi connectivity index (χ2v) is 15.2. The molecule has 0 spiro atoms. The van der Waals surface area contributed by atoms with Gasteiger partial charge >= 0.3 is 0 Å². The van der Waals surface area contributed by atoms with Crippen molar-refractivity contribution in [3.63, 3.8) is 0 Å². The maximum atomic E-state index is 6.74. The summed E-state index contributed by atoms with van der Waals surface area (Å²) in [6.07, 6.45) is 0. The fourth-order valence-electron chi connectivity index (χ4n) is 9.86. The minimum Gasteiger partial charge on any atom is -0.454 e. The van der Waals surface area contributed by atoms with Crippen LogP contribution < -0.4 is 4.90 Å². The van der Waals surface area contributed by atoms with E-state index in [1.165, 1.54) is 55.2 Å². The van der Waals surface area contributed by atoms with Crippen LogP contribution in [0.1, 0.15) is 22.3 Å². The van der Waals surface area contributed by atoms with Crippen LogP contribution in [0.15, 0.2) is 223 Å². The van der Waals surface area contributed by atoms with Crippen LogP contribution in [0.5, 0.6) is 0 Å². The number of nitrogens with zero attached hydrogens (tertiary/aromatic N) is 2. The van der Waals surface area contributed by atoms with Crippen LogP contribution in [0.4, 0.5) is 17.1 Å². The van der Waals surface area contributed by atoms with Gasteiger partial charge in [-0.25, -0.2) is 0 Å². The van der Waals surface area contributed by atoms with Gasteiger partial charge in [0.1, 0.15) is 5.58 Å². The molecule has 0 fully saturated rings. The van der Waals surface area contributed by atoms with Crippen LogP contribution in [-0.4, -0.2) is 4.57 Å². The second kappa shape index (κ2) is 12.7. The zero-order chi connectivity index (χ0) is 38.2. The number of aromatic nitrogens is 1. The summed E-state index contributed by atoms with van der Waals surface area (Å²) in [4.78, 5) is 2.37. The van der Waals surface area contributed by atoms with E-state index in [4.69, 9.17) is 4.42 Å². The van der Waals surface area contributed by atoms with Gasteiger partial charge in [0.2, 0.25) is 0 Å². The molecule has 0 radical (unpaired) electrons. The van der Waals surface area contributed by atoms with Crippen LogP contribution in [0.25, 0.3) is 60.6 Å². The summed E-state index contributed by atoms with van der Waals surface area (Å²) in [5, 5.41) is 4.71. The van der Waals surface area contributed by atoms with Gasteiger partial charge < -0.3 is 13.9 Å². The molecule has 272 valence electrons. The van der Waals surface area contributed by atoms with Gasteiger partial charge in [0.25, 0.3) is 0 Å². The quantitative estimate of drug-likeness (QED) is 0.169. The molecule has 0 atom stereocenters. The number of hydrogen-bond donors (Lipinski definition) is 0. The normalized spacial score (nSPS) is 13.0. The number of anilines is 3. The molecule has 0 unspecified atom stereocenters. The van der Waals surface area contributed by atoms with E-state index in [0.717, 1.165) is 44.7 Å². The molecular formula is C55H36N2O. The second-order valence-electron chi connectivity index (χ2n) is 15.2. The van der Waals surface area contributed by atoms with Crippen molar-refractivity contribution in [3.05, 3.63) is 241 Å². The third-order valence-corrected chi connectivity index (χ3v) is 12.3. The summed E-state index contributed by atoms with van der Waals surface area (Å²) >= 11 is 0. The molecule has 12 rings (SSSR count). The molecule has 0 aliphatic heterocycles. The van der Waals surface area contributed by atoms with Crippen molar-refractivity contribution < 1.29 is 4.42 Å². The summed E-state index contributed by atoms with van der Waals surface area (Å²) in [5.74, 6) is 0. The summed E-state index contributed by atoms with van der Waals surface area (Å²) in [6.45, 7) is 0. The van der Waals surface area contributed by atoms with Gasteiger partial charge in [-0.3, -0.25) is 0 Å². The Bertz CT molecular complexity index is 3250. The van der Waals surface area contributed by atoms with E-state index in [9.17, 15) is 0 Å². The Morgan fingerprint density at radius 3 is 1.66 bits per heavy atom. The Morgan fingerprint density at radius 2 is 0.948 bits per heavy atom. The van der Waals surface area contributed by atoms with E-state index in [1.807, 2.05) is 6.07 Å². The number of furan rings is 1. The maximum absolute atomic E-state index is 6.74. The monoisotopic (exact) mass is 740 g/mol. The third-order valence-electron chi connectivity index (χ3n) is 12.3. The molecule has 2 aromatic heterocycles. The summed E-state index contributed by atoms with van der Waals surface area (Å²) in [6, 6.07) is 79.2. The lowest BCUT2D eigenvalue weighted by Gasteiger charge is -2.34. The molecular weight excluding hydrogens is 705 g/mol. The largest absolute Gasteiger partial charge is 0.454 e. The van der Waals surface area contributed by atoms with Crippen molar-refractivity contribution in [3.8, 4) is 16.8 Å².